The molecule has 102 valence electrons. The summed E-state index contributed by atoms with van der Waals surface area (Å²) in [5.41, 5.74) is 3.90. The number of benzene rings is 2. The van der Waals surface area contributed by atoms with Crippen molar-refractivity contribution >= 4 is 62.4 Å². The highest BCUT2D eigenvalue weighted by molar-refractivity contribution is 9.10. The maximum Gasteiger partial charge on any atom is 0.182 e. The zero-order valence-corrected chi connectivity index (χ0v) is 14.3. The van der Waals surface area contributed by atoms with Gasteiger partial charge in [0.1, 0.15) is 0 Å². The number of aromatic nitrogens is 2. The van der Waals surface area contributed by atoms with Crippen LogP contribution in [-0.2, 0) is 0 Å². The molecule has 0 saturated heterocycles. The molecule has 2 nitrogen and oxygen atoms in total. The van der Waals surface area contributed by atoms with Crippen molar-refractivity contribution in [1.82, 2.24) is 9.55 Å². The first-order valence-corrected chi connectivity index (χ1v) is 7.79. The maximum atomic E-state index is 6.11. The second-order valence-corrected chi connectivity index (χ2v) is 6.54. The van der Waals surface area contributed by atoms with Gasteiger partial charge in [0.05, 0.1) is 21.1 Å². The average molecular weight is 388 g/mol. The normalized spacial score (nSPS) is 11.2. The SMILES string of the molecule is Cc1ccc(-n2c(=S)[nH]c3cc(Cl)c(Cl)cc32)cc1Br. The Kier molecular flexibility index (Phi) is 3.67. The molecule has 0 atom stereocenters. The fraction of sp³-hybridized carbons (Fsp3) is 0.0714. The Balaban J connectivity index is 2.35. The van der Waals surface area contributed by atoms with Crippen LogP contribution in [0, 0.1) is 11.7 Å². The van der Waals surface area contributed by atoms with Crippen LogP contribution in [0.3, 0.4) is 0 Å². The zero-order chi connectivity index (χ0) is 14.4. The lowest BCUT2D eigenvalue weighted by atomic mass is 10.2. The van der Waals surface area contributed by atoms with Gasteiger partial charge in [0.15, 0.2) is 4.77 Å². The monoisotopic (exact) mass is 386 g/mol. The quantitative estimate of drug-likeness (QED) is 0.502. The molecular weight excluding hydrogens is 379 g/mol. The fourth-order valence-corrected chi connectivity index (χ4v) is 3.08. The lowest BCUT2D eigenvalue weighted by Gasteiger charge is -2.07. The lowest BCUT2D eigenvalue weighted by Crippen LogP contribution is -1.94. The van der Waals surface area contributed by atoms with E-state index in [0.29, 0.717) is 14.8 Å². The molecule has 0 aliphatic rings. The summed E-state index contributed by atoms with van der Waals surface area (Å²) in [6, 6.07) is 9.69. The molecule has 1 aromatic heterocycles. The number of hydrogen-bond acceptors (Lipinski definition) is 1. The van der Waals surface area contributed by atoms with Crippen molar-refractivity contribution in [3.63, 3.8) is 0 Å². The van der Waals surface area contributed by atoms with Crippen LogP contribution in [0.5, 0.6) is 0 Å². The number of halogens is 3. The summed E-state index contributed by atoms with van der Waals surface area (Å²) in [6.45, 7) is 2.04. The van der Waals surface area contributed by atoms with E-state index in [0.717, 1.165) is 21.2 Å². The number of nitrogens with one attached hydrogen (secondary N) is 1. The number of rotatable bonds is 1. The summed E-state index contributed by atoms with van der Waals surface area (Å²) in [4.78, 5) is 3.15. The standard InChI is InChI=1S/C14H9BrCl2N2S/c1-7-2-3-8(4-9(7)15)19-13-6-11(17)10(16)5-12(13)18-14(19)20/h2-6H,1H3,(H,18,20). The van der Waals surface area contributed by atoms with E-state index in [4.69, 9.17) is 35.4 Å². The molecule has 0 spiro atoms. The molecule has 0 saturated carbocycles. The van der Waals surface area contributed by atoms with Crippen molar-refractivity contribution in [2.75, 3.05) is 0 Å². The van der Waals surface area contributed by atoms with E-state index < -0.39 is 0 Å². The Labute approximate surface area is 139 Å². The van der Waals surface area contributed by atoms with Gasteiger partial charge in [0.2, 0.25) is 0 Å². The Morgan fingerprint density at radius 1 is 1.15 bits per heavy atom. The largest absolute Gasteiger partial charge is 0.330 e. The molecule has 2 aromatic carbocycles. The van der Waals surface area contributed by atoms with Crippen molar-refractivity contribution in [2.24, 2.45) is 0 Å². The number of imidazole rings is 1. The highest BCUT2D eigenvalue weighted by Crippen LogP contribution is 2.30. The van der Waals surface area contributed by atoms with Crippen molar-refractivity contribution < 1.29 is 0 Å². The van der Waals surface area contributed by atoms with Gasteiger partial charge in [-0.1, -0.05) is 45.2 Å². The van der Waals surface area contributed by atoms with E-state index in [-0.39, 0.29) is 0 Å². The molecule has 0 amide bonds. The summed E-state index contributed by atoms with van der Waals surface area (Å²) in [7, 11) is 0. The fourth-order valence-electron chi connectivity index (χ4n) is 2.08. The molecule has 0 fully saturated rings. The molecule has 1 N–H and O–H groups in total. The molecule has 0 bridgehead atoms. The van der Waals surface area contributed by atoms with E-state index in [9.17, 15) is 0 Å². The van der Waals surface area contributed by atoms with E-state index >= 15 is 0 Å². The van der Waals surface area contributed by atoms with Gasteiger partial charge >= 0.3 is 0 Å². The number of H-pyrrole nitrogens is 1. The van der Waals surface area contributed by atoms with Crippen molar-refractivity contribution in [2.45, 2.75) is 6.92 Å². The number of aryl methyl sites for hydroxylation is 1. The first-order valence-electron chi connectivity index (χ1n) is 5.83. The zero-order valence-electron chi connectivity index (χ0n) is 10.4. The summed E-state index contributed by atoms with van der Waals surface area (Å²) in [6.07, 6.45) is 0. The highest BCUT2D eigenvalue weighted by atomic mass is 79.9. The average Bonchev–Trinajstić information content (AvgIpc) is 2.69. The first kappa shape index (κ1) is 14.1. The van der Waals surface area contributed by atoms with Gasteiger partial charge in [0.25, 0.3) is 0 Å². The number of nitrogens with zero attached hydrogens (tertiary/aromatic N) is 1. The van der Waals surface area contributed by atoms with Gasteiger partial charge in [-0.25, -0.2) is 0 Å². The summed E-state index contributed by atoms with van der Waals surface area (Å²) < 4.78 is 3.58. The van der Waals surface area contributed by atoms with Gasteiger partial charge in [-0.2, -0.15) is 0 Å². The molecular formula is C14H9BrCl2N2S. The molecule has 0 aliphatic heterocycles. The molecule has 1 heterocycles. The van der Waals surface area contributed by atoms with Crippen LogP contribution in [0.25, 0.3) is 16.7 Å². The molecule has 20 heavy (non-hydrogen) atoms. The number of aromatic amines is 1. The Hall–Kier alpha value is -0.810. The van der Waals surface area contributed by atoms with E-state index in [1.54, 1.807) is 6.07 Å². The van der Waals surface area contributed by atoms with Crippen molar-refractivity contribution in [3.8, 4) is 5.69 Å². The van der Waals surface area contributed by atoms with Crippen LogP contribution in [-0.4, -0.2) is 9.55 Å². The summed E-state index contributed by atoms with van der Waals surface area (Å²) in [5.74, 6) is 0. The molecule has 3 aromatic rings. The predicted octanol–water partition coefficient (Wildman–Crippen LogP) is 6.07. The molecule has 0 unspecified atom stereocenters. The van der Waals surface area contributed by atoms with Gasteiger partial charge in [-0.15, -0.1) is 0 Å². The van der Waals surface area contributed by atoms with Crippen molar-refractivity contribution in [3.05, 3.63) is 55.2 Å². The van der Waals surface area contributed by atoms with Crippen molar-refractivity contribution in [1.29, 1.82) is 0 Å². The van der Waals surface area contributed by atoms with Crippen LogP contribution in [0.1, 0.15) is 5.56 Å². The minimum Gasteiger partial charge on any atom is -0.330 e. The minimum atomic E-state index is 0.507. The summed E-state index contributed by atoms with van der Waals surface area (Å²) >= 11 is 21.1. The second kappa shape index (κ2) is 5.19. The van der Waals surface area contributed by atoms with Gasteiger partial charge in [0, 0.05) is 10.2 Å². The highest BCUT2D eigenvalue weighted by Gasteiger charge is 2.10. The van der Waals surface area contributed by atoms with E-state index in [2.05, 4.69) is 20.9 Å². The Bertz CT molecular complexity index is 883. The number of hydrogen-bond donors (Lipinski definition) is 1. The van der Waals surface area contributed by atoms with Crippen LogP contribution >= 0.6 is 51.3 Å². The second-order valence-electron chi connectivity index (χ2n) is 4.48. The number of fused-ring (bicyclic) bond motifs is 1. The minimum absolute atomic E-state index is 0.507. The lowest BCUT2D eigenvalue weighted by molar-refractivity contribution is 1.06. The Morgan fingerprint density at radius 3 is 2.55 bits per heavy atom. The smallest absolute Gasteiger partial charge is 0.182 e. The third-order valence-corrected chi connectivity index (χ3v) is 5.00. The van der Waals surface area contributed by atoms with Gasteiger partial charge in [-0.3, -0.25) is 4.57 Å². The molecule has 3 rings (SSSR count). The van der Waals surface area contributed by atoms with Crippen LogP contribution < -0.4 is 0 Å². The molecule has 6 heteroatoms. The van der Waals surface area contributed by atoms with Gasteiger partial charge in [-0.05, 0) is 49.0 Å². The van der Waals surface area contributed by atoms with Gasteiger partial charge < -0.3 is 4.98 Å². The molecule has 0 aliphatic carbocycles. The third kappa shape index (κ3) is 2.31. The third-order valence-electron chi connectivity index (χ3n) is 3.14. The topological polar surface area (TPSA) is 20.7 Å². The van der Waals surface area contributed by atoms with Crippen LogP contribution in [0.15, 0.2) is 34.8 Å². The van der Waals surface area contributed by atoms with Crippen LogP contribution in [0.2, 0.25) is 10.0 Å². The Morgan fingerprint density at radius 2 is 1.85 bits per heavy atom. The predicted molar refractivity (Wildman–Crippen MR) is 90.9 cm³/mol. The maximum absolute atomic E-state index is 6.11. The first-order chi connectivity index (χ1) is 9.47. The van der Waals surface area contributed by atoms with E-state index in [1.807, 2.05) is 35.8 Å². The van der Waals surface area contributed by atoms with Crippen LogP contribution in [0.4, 0.5) is 0 Å². The van der Waals surface area contributed by atoms with E-state index in [1.165, 1.54) is 5.56 Å². The molecule has 0 radical (unpaired) electrons. The summed E-state index contributed by atoms with van der Waals surface area (Å²) in [5, 5.41) is 1.01.